The van der Waals surface area contributed by atoms with Gasteiger partial charge in [-0.25, -0.2) is 15.0 Å². The summed E-state index contributed by atoms with van der Waals surface area (Å²) in [6, 6.07) is 5.53. The highest BCUT2D eigenvalue weighted by Gasteiger charge is 2.20. The van der Waals surface area contributed by atoms with Gasteiger partial charge in [0.1, 0.15) is 4.88 Å². The van der Waals surface area contributed by atoms with Gasteiger partial charge in [-0.2, -0.15) is 0 Å². The Morgan fingerprint density at radius 1 is 1.24 bits per heavy atom. The fourth-order valence-electron chi connectivity index (χ4n) is 2.35. The third-order valence-electron chi connectivity index (χ3n) is 3.78. The molecular weight excluding hydrogens is 334 g/mol. The zero-order valence-electron chi connectivity index (χ0n) is 14.4. The number of thiazole rings is 1. The third-order valence-corrected chi connectivity index (χ3v) is 4.87. The van der Waals surface area contributed by atoms with Crippen LogP contribution >= 0.6 is 11.3 Å². The second-order valence-electron chi connectivity index (χ2n) is 5.65. The van der Waals surface area contributed by atoms with E-state index in [1.807, 2.05) is 32.9 Å². The minimum Gasteiger partial charge on any atom is -0.345 e. The van der Waals surface area contributed by atoms with Crippen LogP contribution in [0.2, 0.25) is 0 Å². The first-order valence-corrected chi connectivity index (χ1v) is 8.90. The summed E-state index contributed by atoms with van der Waals surface area (Å²) in [6.07, 6.45) is 5.80. The Morgan fingerprint density at radius 2 is 2.00 bits per heavy atom. The number of hydrogen-bond donors (Lipinski definition) is 1. The molecule has 0 radical (unpaired) electrons. The van der Waals surface area contributed by atoms with E-state index in [0.717, 1.165) is 17.0 Å². The summed E-state index contributed by atoms with van der Waals surface area (Å²) in [5.41, 5.74) is 2.68. The van der Waals surface area contributed by atoms with E-state index in [1.54, 1.807) is 24.7 Å². The van der Waals surface area contributed by atoms with Crippen molar-refractivity contribution in [1.29, 1.82) is 0 Å². The minimum absolute atomic E-state index is 0.135. The number of hydrogen-bond acceptors (Lipinski definition) is 6. The average Bonchev–Trinajstić information content (AvgIpc) is 3.07. The van der Waals surface area contributed by atoms with Gasteiger partial charge in [0.15, 0.2) is 10.8 Å². The molecule has 1 N–H and O–H groups in total. The second kappa shape index (κ2) is 7.48. The molecule has 0 bridgehead atoms. The zero-order valence-corrected chi connectivity index (χ0v) is 15.2. The molecule has 3 aromatic heterocycles. The summed E-state index contributed by atoms with van der Waals surface area (Å²) in [4.78, 5) is 30.6. The van der Waals surface area contributed by atoms with Crippen LogP contribution in [0.1, 0.15) is 46.5 Å². The van der Waals surface area contributed by atoms with Crippen molar-refractivity contribution >= 4 is 17.2 Å². The predicted octanol–water partition coefficient (Wildman–Crippen LogP) is 3.36. The topological polar surface area (TPSA) is 80.7 Å². The molecule has 1 amide bonds. The van der Waals surface area contributed by atoms with Crippen LogP contribution in [0.5, 0.6) is 0 Å². The molecule has 1 atom stereocenters. The van der Waals surface area contributed by atoms with E-state index in [-0.39, 0.29) is 11.9 Å². The number of carbonyl (C=O) groups excluding carboxylic acids is 1. The lowest BCUT2D eigenvalue weighted by atomic mass is 10.1. The maximum absolute atomic E-state index is 12.7. The van der Waals surface area contributed by atoms with Crippen molar-refractivity contribution in [3.05, 3.63) is 58.6 Å². The van der Waals surface area contributed by atoms with E-state index in [0.29, 0.717) is 22.1 Å². The first-order chi connectivity index (χ1) is 12.1. The number of nitrogens with zero attached hydrogens (tertiary/aromatic N) is 4. The van der Waals surface area contributed by atoms with Crippen molar-refractivity contribution in [2.75, 3.05) is 0 Å². The van der Waals surface area contributed by atoms with Gasteiger partial charge in [0.05, 0.1) is 11.7 Å². The fourth-order valence-corrected chi connectivity index (χ4v) is 3.36. The van der Waals surface area contributed by atoms with Crippen LogP contribution in [0.25, 0.3) is 10.8 Å². The van der Waals surface area contributed by atoms with Gasteiger partial charge in [0.25, 0.3) is 5.91 Å². The summed E-state index contributed by atoms with van der Waals surface area (Å²) in [6.45, 7) is 5.86. The van der Waals surface area contributed by atoms with Gasteiger partial charge < -0.3 is 5.32 Å². The molecule has 0 aromatic carbocycles. The van der Waals surface area contributed by atoms with Crippen LogP contribution in [0, 0.1) is 6.92 Å². The first-order valence-electron chi connectivity index (χ1n) is 8.09. The van der Waals surface area contributed by atoms with Crippen LogP contribution in [0.4, 0.5) is 0 Å². The van der Waals surface area contributed by atoms with E-state index in [4.69, 9.17) is 0 Å². The van der Waals surface area contributed by atoms with Crippen LogP contribution in [-0.2, 0) is 6.42 Å². The van der Waals surface area contributed by atoms with Crippen molar-refractivity contribution in [1.82, 2.24) is 25.3 Å². The SMILES string of the molecule is CCc1nc(-c2ncccn2)sc1C(=O)NC(C)c1ccc(C)nc1. The largest absolute Gasteiger partial charge is 0.345 e. The predicted molar refractivity (Wildman–Crippen MR) is 97.4 cm³/mol. The van der Waals surface area contributed by atoms with Gasteiger partial charge in [0.2, 0.25) is 0 Å². The summed E-state index contributed by atoms with van der Waals surface area (Å²) >= 11 is 1.32. The molecule has 0 aliphatic carbocycles. The zero-order chi connectivity index (χ0) is 17.8. The number of rotatable bonds is 5. The Balaban J connectivity index is 1.82. The minimum atomic E-state index is -0.135. The molecule has 6 nitrogen and oxygen atoms in total. The highest BCUT2D eigenvalue weighted by Crippen LogP contribution is 2.26. The maximum Gasteiger partial charge on any atom is 0.263 e. The molecule has 0 fully saturated rings. The van der Waals surface area contributed by atoms with Crippen LogP contribution in [-0.4, -0.2) is 25.8 Å². The number of amides is 1. The molecule has 0 aliphatic heterocycles. The van der Waals surface area contributed by atoms with Gasteiger partial charge >= 0.3 is 0 Å². The number of carbonyl (C=O) groups is 1. The maximum atomic E-state index is 12.7. The number of nitrogens with one attached hydrogen (secondary N) is 1. The fraction of sp³-hybridized carbons (Fsp3) is 0.278. The van der Waals surface area contributed by atoms with Gasteiger partial charge in [-0.15, -0.1) is 11.3 Å². The van der Waals surface area contributed by atoms with Gasteiger partial charge in [-0.05, 0) is 38.0 Å². The standard InChI is InChI=1S/C18H19N5OS/c1-4-14-15(25-18(23-14)16-19-8-5-9-20-16)17(24)22-12(3)13-7-6-11(2)21-10-13/h5-10,12H,4H2,1-3H3,(H,22,24). The lowest BCUT2D eigenvalue weighted by Gasteiger charge is -2.13. The highest BCUT2D eigenvalue weighted by molar-refractivity contribution is 7.17. The molecule has 0 spiro atoms. The average molecular weight is 353 g/mol. The van der Waals surface area contributed by atoms with E-state index >= 15 is 0 Å². The van der Waals surface area contributed by atoms with E-state index in [9.17, 15) is 4.79 Å². The van der Waals surface area contributed by atoms with Crippen molar-refractivity contribution < 1.29 is 4.79 Å². The lowest BCUT2D eigenvalue weighted by molar-refractivity contribution is 0.0943. The molecule has 7 heteroatoms. The normalized spacial score (nSPS) is 12.0. The van der Waals surface area contributed by atoms with Gasteiger partial charge in [-0.3, -0.25) is 9.78 Å². The molecule has 1 unspecified atom stereocenters. The summed E-state index contributed by atoms with van der Waals surface area (Å²) in [5, 5.41) is 3.68. The van der Waals surface area contributed by atoms with Crippen LogP contribution in [0.15, 0.2) is 36.8 Å². The number of aryl methyl sites for hydroxylation is 2. The smallest absolute Gasteiger partial charge is 0.263 e. The van der Waals surface area contributed by atoms with Crippen molar-refractivity contribution in [3.8, 4) is 10.8 Å². The van der Waals surface area contributed by atoms with Crippen molar-refractivity contribution in [3.63, 3.8) is 0 Å². The lowest BCUT2D eigenvalue weighted by Crippen LogP contribution is -2.26. The number of aromatic nitrogens is 4. The Kier molecular flexibility index (Phi) is 5.14. The molecule has 0 saturated heterocycles. The molecule has 25 heavy (non-hydrogen) atoms. The highest BCUT2D eigenvalue weighted by atomic mass is 32.1. The molecular formula is C18H19N5OS. The quantitative estimate of drug-likeness (QED) is 0.761. The molecule has 3 heterocycles. The Bertz CT molecular complexity index is 861. The summed E-state index contributed by atoms with van der Waals surface area (Å²) in [7, 11) is 0. The Morgan fingerprint density at radius 3 is 2.64 bits per heavy atom. The second-order valence-corrected chi connectivity index (χ2v) is 6.65. The van der Waals surface area contributed by atoms with Gasteiger partial charge in [0, 0.05) is 24.3 Å². The molecule has 3 aromatic rings. The van der Waals surface area contributed by atoms with Crippen molar-refractivity contribution in [2.24, 2.45) is 0 Å². The molecule has 0 saturated carbocycles. The Hall–Kier alpha value is -2.67. The summed E-state index contributed by atoms with van der Waals surface area (Å²) in [5.74, 6) is 0.404. The molecule has 0 aliphatic rings. The van der Waals surface area contributed by atoms with Crippen molar-refractivity contribution in [2.45, 2.75) is 33.2 Å². The molecule has 128 valence electrons. The van der Waals surface area contributed by atoms with E-state index in [1.165, 1.54) is 11.3 Å². The van der Waals surface area contributed by atoms with Gasteiger partial charge in [-0.1, -0.05) is 13.0 Å². The molecule has 3 rings (SSSR count). The monoisotopic (exact) mass is 353 g/mol. The summed E-state index contributed by atoms with van der Waals surface area (Å²) < 4.78 is 0. The third kappa shape index (κ3) is 3.88. The Labute approximate surface area is 150 Å². The van der Waals surface area contributed by atoms with E-state index in [2.05, 4.69) is 25.3 Å². The van der Waals surface area contributed by atoms with E-state index < -0.39 is 0 Å². The number of pyridine rings is 1. The van der Waals surface area contributed by atoms with Crippen LogP contribution < -0.4 is 5.32 Å². The van der Waals surface area contributed by atoms with Crippen LogP contribution in [0.3, 0.4) is 0 Å². The first kappa shape index (κ1) is 17.2.